The van der Waals surface area contributed by atoms with E-state index >= 15 is 0 Å². The molecule has 0 amide bonds. The first kappa shape index (κ1) is 10.6. The van der Waals surface area contributed by atoms with Crippen LogP contribution in [0.3, 0.4) is 0 Å². The van der Waals surface area contributed by atoms with Gasteiger partial charge in [0.1, 0.15) is 10.2 Å². The van der Waals surface area contributed by atoms with E-state index < -0.39 is 5.60 Å². The van der Waals surface area contributed by atoms with Crippen LogP contribution in [0.2, 0.25) is 0 Å². The Morgan fingerprint density at radius 2 is 2.50 bits per heavy atom. The Balaban J connectivity index is 2.27. The number of thiazole rings is 1. The van der Waals surface area contributed by atoms with Crippen LogP contribution in [0.5, 0.6) is 0 Å². The van der Waals surface area contributed by atoms with E-state index in [0.29, 0.717) is 5.92 Å². The Hall–Kier alpha value is 0.0700. The maximum absolute atomic E-state index is 10.5. The molecule has 14 heavy (non-hydrogen) atoms. The SMILES string of the molecule is CC1CCCC(O)(c2scnc2Br)C1. The van der Waals surface area contributed by atoms with E-state index in [1.807, 2.05) is 0 Å². The third-order valence-electron chi connectivity index (χ3n) is 2.92. The number of halogens is 1. The van der Waals surface area contributed by atoms with Crippen LogP contribution >= 0.6 is 27.3 Å². The van der Waals surface area contributed by atoms with Gasteiger partial charge >= 0.3 is 0 Å². The van der Waals surface area contributed by atoms with Gasteiger partial charge in [-0.05, 0) is 41.1 Å². The van der Waals surface area contributed by atoms with E-state index in [1.165, 1.54) is 6.42 Å². The Bertz CT molecular complexity index is 328. The standard InChI is InChI=1S/C10H14BrNOS/c1-7-3-2-4-10(13,5-7)8-9(11)12-6-14-8/h6-7,13H,2-5H2,1H3. The molecule has 1 aromatic rings. The number of hydrogen-bond acceptors (Lipinski definition) is 3. The van der Waals surface area contributed by atoms with Crippen molar-refractivity contribution in [1.29, 1.82) is 0 Å². The number of aliphatic hydroxyl groups is 1. The van der Waals surface area contributed by atoms with Gasteiger partial charge < -0.3 is 5.11 Å². The number of rotatable bonds is 1. The quantitative estimate of drug-likeness (QED) is 0.853. The summed E-state index contributed by atoms with van der Waals surface area (Å²) in [6.07, 6.45) is 4.09. The van der Waals surface area contributed by atoms with Gasteiger partial charge in [-0.3, -0.25) is 0 Å². The molecule has 0 spiro atoms. The maximum atomic E-state index is 10.5. The average Bonchev–Trinajstić information content (AvgIpc) is 2.51. The molecule has 1 aliphatic carbocycles. The number of hydrogen-bond donors (Lipinski definition) is 1. The summed E-state index contributed by atoms with van der Waals surface area (Å²) in [5.74, 6) is 0.614. The van der Waals surface area contributed by atoms with Crippen LogP contribution in [0.4, 0.5) is 0 Å². The second-order valence-corrected chi connectivity index (χ2v) is 5.81. The van der Waals surface area contributed by atoms with Crippen molar-refractivity contribution < 1.29 is 5.11 Å². The lowest BCUT2D eigenvalue weighted by Crippen LogP contribution is -2.31. The molecule has 1 saturated carbocycles. The molecule has 0 radical (unpaired) electrons. The summed E-state index contributed by atoms with van der Waals surface area (Å²) >= 11 is 4.95. The molecule has 0 bridgehead atoms. The molecule has 1 fully saturated rings. The minimum atomic E-state index is -0.627. The summed E-state index contributed by atoms with van der Waals surface area (Å²) in [4.78, 5) is 5.14. The first-order valence-electron chi connectivity index (χ1n) is 4.94. The van der Waals surface area contributed by atoms with E-state index in [9.17, 15) is 5.11 Å². The van der Waals surface area contributed by atoms with Gasteiger partial charge in [0, 0.05) is 0 Å². The fourth-order valence-corrected chi connectivity index (χ4v) is 3.97. The monoisotopic (exact) mass is 275 g/mol. The second kappa shape index (κ2) is 3.91. The fourth-order valence-electron chi connectivity index (χ4n) is 2.26. The normalized spacial score (nSPS) is 33.2. The first-order chi connectivity index (χ1) is 6.62. The molecule has 78 valence electrons. The molecule has 1 aliphatic rings. The third kappa shape index (κ3) is 1.88. The smallest absolute Gasteiger partial charge is 0.123 e. The van der Waals surface area contributed by atoms with Gasteiger partial charge in [-0.2, -0.15) is 0 Å². The molecular weight excluding hydrogens is 262 g/mol. The molecule has 1 N–H and O–H groups in total. The summed E-state index contributed by atoms with van der Waals surface area (Å²) in [6.45, 7) is 2.21. The predicted molar refractivity (Wildman–Crippen MR) is 61.3 cm³/mol. The van der Waals surface area contributed by atoms with Crippen molar-refractivity contribution in [3.8, 4) is 0 Å². The van der Waals surface area contributed by atoms with Crippen LogP contribution in [0.15, 0.2) is 10.1 Å². The van der Waals surface area contributed by atoms with Crippen LogP contribution in [0.25, 0.3) is 0 Å². The van der Waals surface area contributed by atoms with Crippen molar-refractivity contribution in [3.63, 3.8) is 0 Å². The summed E-state index contributed by atoms with van der Waals surface area (Å²) in [6, 6.07) is 0. The minimum absolute atomic E-state index is 0.614. The van der Waals surface area contributed by atoms with Gasteiger partial charge in [-0.15, -0.1) is 11.3 Å². The molecule has 2 nitrogen and oxygen atoms in total. The zero-order chi connectivity index (χ0) is 10.2. The van der Waals surface area contributed by atoms with Crippen molar-refractivity contribution in [3.05, 3.63) is 15.0 Å². The van der Waals surface area contributed by atoms with E-state index in [1.54, 1.807) is 16.8 Å². The molecule has 1 aromatic heterocycles. The highest BCUT2D eigenvalue weighted by atomic mass is 79.9. The zero-order valence-corrected chi connectivity index (χ0v) is 10.6. The third-order valence-corrected chi connectivity index (χ3v) is 4.80. The highest BCUT2D eigenvalue weighted by molar-refractivity contribution is 9.10. The van der Waals surface area contributed by atoms with Gasteiger partial charge in [0.2, 0.25) is 0 Å². The molecule has 0 aromatic carbocycles. The summed E-state index contributed by atoms with van der Waals surface area (Å²) in [7, 11) is 0. The zero-order valence-electron chi connectivity index (χ0n) is 8.16. The van der Waals surface area contributed by atoms with Crippen molar-refractivity contribution in [1.82, 2.24) is 4.98 Å². The van der Waals surface area contributed by atoms with Gasteiger partial charge in [0.05, 0.1) is 10.4 Å². The lowest BCUT2D eigenvalue weighted by molar-refractivity contribution is -0.0153. The van der Waals surface area contributed by atoms with Crippen LogP contribution in [0, 0.1) is 5.92 Å². The minimum Gasteiger partial charge on any atom is -0.384 e. The van der Waals surface area contributed by atoms with Crippen molar-refractivity contribution in [2.75, 3.05) is 0 Å². The van der Waals surface area contributed by atoms with E-state index in [2.05, 4.69) is 27.8 Å². The Labute approximate surface area is 96.5 Å². The average molecular weight is 276 g/mol. The molecule has 0 saturated heterocycles. The van der Waals surface area contributed by atoms with E-state index in [4.69, 9.17) is 0 Å². The fraction of sp³-hybridized carbons (Fsp3) is 0.700. The van der Waals surface area contributed by atoms with Crippen molar-refractivity contribution in [2.24, 2.45) is 5.92 Å². The van der Waals surface area contributed by atoms with Crippen LogP contribution < -0.4 is 0 Å². The number of nitrogens with zero attached hydrogens (tertiary/aromatic N) is 1. The molecule has 4 heteroatoms. The Morgan fingerprint density at radius 3 is 3.07 bits per heavy atom. The summed E-state index contributed by atoms with van der Waals surface area (Å²) in [5, 5.41) is 10.5. The lowest BCUT2D eigenvalue weighted by Gasteiger charge is -2.34. The highest BCUT2D eigenvalue weighted by Crippen LogP contribution is 2.43. The van der Waals surface area contributed by atoms with Crippen LogP contribution in [-0.2, 0) is 5.60 Å². The maximum Gasteiger partial charge on any atom is 0.123 e. The number of aromatic nitrogens is 1. The first-order valence-corrected chi connectivity index (χ1v) is 6.61. The summed E-state index contributed by atoms with van der Waals surface area (Å²) in [5.41, 5.74) is 1.16. The Morgan fingerprint density at radius 1 is 1.71 bits per heavy atom. The Kier molecular flexibility index (Phi) is 2.96. The van der Waals surface area contributed by atoms with Crippen molar-refractivity contribution >= 4 is 27.3 Å². The summed E-state index contributed by atoms with van der Waals surface area (Å²) < 4.78 is 0.819. The molecule has 0 aliphatic heterocycles. The van der Waals surface area contributed by atoms with E-state index in [-0.39, 0.29) is 0 Å². The van der Waals surface area contributed by atoms with Gasteiger partial charge in [-0.1, -0.05) is 13.3 Å². The van der Waals surface area contributed by atoms with E-state index in [0.717, 1.165) is 28.7 Å². The van der Waals surface area contributed by atoms with Crippen LogP contribution in [-0.4, -0.2) is 10.1 Å². The van der Waals surface area contributed by atoms with Crippen molar-refractivity contribution in [2.45, 2.75) is 38.2 Å². The molecule has 1 heterocycles. The molecule has 2 rings (SSSR count). The lowest BCUT2D eigenvalue weighted by atomic mass is 9.78. The highest BCUT2D eigenvalue weighted by Gasteiger charge is 2.37. The molecular formula is C10H14BrNOS. The topological polar surface area (TPSA) is 33.1 Å². The van der Waals surface area contributed by atoms with Gasteiger partial charge in [0.15, 0.2) is 0 Å². The predicted octanol–water partition coefficient (Wildman–Crippen LogP) is 3.30. The second-order valence-electron chi connectivity index (χ2n) is 4.21. The molecule has 2 atom stereocenters. The van der Waals surface area contributed by atoms with Gasteiger partial charge in [0.25, 0.3) is 0 Å². The van der Waals surface area contributed by atoms with Crippen LogP contribution in [0.1, 0.15) is 37.5 Å². The largest absolute Gasteiger partial charge is 0.384 e. The van der Waals surface area contributed by atoms with Gasteiger partial charge in [-0.25, -0.2) is 4.98 Å². The molecule has 2 unspecified atom stereocenters.